The number of aryl methyl sites for hydroxylation is 2. The summed E-state index contributed by atoms with van der Waals surface area (Å²) in [6.45, 7) is 12.6. The van der Waals surface area contributed by atoms with Crippen molar-refractivity contribution in [2.75, 3.05) is 46.8 Å². The number of halogens is 2. The van der Waals surface area contributed by atoms with Crippen LogP contribution in [0.2, 0.25) is 0 Å². The number of benzene rings is 2. The predicted molar refractivity (Wildman–Crippen MR) is 172 cm³/mol. The van der Waals surface area contributed by atoms with Crippen LogP contribution in [-0.4, -0.2) is 70.5 Å². The zero-order chi connectivity index (χ0) is 31.6. The number of aldehydes is 1. The van der Waals surface area contributed by atoms with Gasteiger partial charge in [-0.2, -0.15) is 0 Å². The molecule has 1 fully saturated rings. The third-order valence-electron chi connectivity index (χ3n) is 6.67. The Hall–Kier alpha value is -2.68. The lowest BCUT2D eigenvalue weighted by atomic mass is 9.99. The maximum Gasteiger partial charge on any atom is 0.207 e. The summed E-state index contributed by atoms with van der Waals surface area (Å²) in [5.74, 6) is 0.578. The van der Waals surface area contributed by atoms with Gasteiger partial charge >= 0.3 is 0 Å². The second-order valence-corrected chi connectivity index (χ2v) is 10.6. The molecular weight excluding hydrogens is 534 g/mol. The van der Waals surface area contributed by atoms with E-state index in [1.807, 2.05) is 34.0 Å². The van der Waals surface area contributed by atoms with Crippen LogP contribution < -0.4 is 16.0 Å². The van der Waals surface area contributed by atoms with Crippen LogP contribution in [0.5, 0.6) is 0 Å². The van der Waals surface area contributed by atoms with Crippen molar-refractivity contribution in [3.05, 3.63) is 70.8 Å². The van der Waals surface area contributed by atoms with Gasteiger partial charge in [0.15, 0.2) is 0 Å². The lowest BCUT2D eigenvalue weighted by Gasteiger charge is -2.23. The molecule has 1 unspecified atom stereocenters. The Bertz CT molecular complexity index is 917. The first-order valence-electron chi connectivity index (χ1n) is 15.4. The average Bonchev–Trinajstić information content (AvgIpc) is 3.83. The Labute approximate surface area is 254 Å². The first-order valence-corrected chi connectivity index (χ1v) is 15.4. The molecule has 1 aliphatic rings. The van der Waals surface area contributed by atoms with Crippen molar-refractivity contribution < 1.29 is 18.4 Å². The lowest BCUT2D eigenvalue weighted by molar-refractivity contribution is -0.110. The molecule has 2 aromatic rings. The summed E-state index contributed by atoms with van der Waals surface area (Å²) in [6, 6.07) is 12.2. The molecule has 42 heavy (non-hydrogen) atoms. The highest BCUT2D eigenvalue weighted by atomic mass is 19.1. The van der Waals surface area contributed by atoms with Gasteiger partial charge in [-0.15, -0.1) is 0 Å². The first kappa shape index (κ1) is 39.3. The van der Waals surface area contributed by atoms with Crippen molar-refractivity contribution in [1.82, 2.24) is 20.9 Å². The van der Waals surface area contributed by atoms with E-state index >= 15 is 0 Å². The number of likely N-dealkylation sites (N-methyl/N-ethyl adjacent to an activating group) is 1. The number of rotatable bonds is 16. The fourth-order valence-corrected chi connectivity index (χ4v) is 4.09. The standard InChI is InChI=1S/C13H18FNO.C11H22N2O.C7H7F.C3H9N/c1-2-5-12-11(6-3-8-13(12)14)7-4-9-15-10-16;1-3-6-12-11(10-4-5-10)9-13(2)7-8-14;1-6-2-4-7(8)5-3-6;1-3-4-2/h3,6,8,10H,2,4-5,7,9H2,1H3,(H,15,16);8,10-12H,3-7,9H2,1-2H3;2-5H,1H3;4H,3H2,1-2H3. The van der Waals surface area contributed by atoms with Gasteiger partial charge in [-0.25, -0.2) is 8.78 Å². The molecule has 0 radical (unpaired) electrons. The maximum absolute atomic E-state index is 13.5. The number of hydrogen-bond acceptors (Lipinski definition) is 5. The lowest BCUT2D eigenvalue weighted by Crippen LogP contribution is -2.41. The fraction of sp³-hybridized carbons (Fsp3) is 0.588. The molecular formula is C34H56F2N4O2. The highest BCUT2D eigenvalue weighted by molar-refractivity contribution is 5.51. The normalized spacial score (nSPS) is 12.5. The molecule has 0 saturated heterocycles. The second kappa shape index (κ2) is 26.0. The summed E-state index contributed by atoms with van der Waals surface area (Å²) in [5, 5.41) is 9.10. The SMILES string of the molecule is CCCNC(CN(C)CC=O)C1CC1.CCCc1c(F)cccc1CCCNC=O.CCNC.Cc1ccc(F)cc1. The van der Waals surface area contributed by atoms with E-state index in [2.05, 4.69) is 34.7 Å². The Kier molecular flexibility index (Phi) is 24.3. The molecule has 0 bridgehead atoms. The zero-order valence-electron chi connectivity index (χ0n) is 26.9. The molecule has 3 N–H and O–H groups in total. The van der Waals surface area contributed by atoms with Crippen molar-refractivity contribution >= 4 is 12.7 Å². The molecule has 1 saturated carbocycles. The molecule has 1 amide bonds. The minimum atomic E-state index is -0.171. The Balaban J connectivity index is 0.000000586. The molecule has 1 atom stereocenters. The number of amides is 1. The molecule has 238 valence electrons. The molecule has 0 aliphatic heterocycles. The predicted octanol–water partition coefficient (Wildman–Crippen LogP) is 5.71. The van der Waals surface area contributed by atoms with Gasteiger partial charge < -0.3 is 20.7 Å². The van der Waals surface area contributed by atoms with Gasteiger partial charge in [0.05, 0.1) is 6.54 Å². The fourth-order valence-electron chi connectivity index (χ4n) is 4.09. The molecule has 0 aromatic heterocycles. The van der Waals surface area contributed by atoms with Crippen LogP contribution in [0, 0.1) is 24.5 Å². The highest BCUT2D eigenvalue weighted by Gasteiger charge is 2.31. The number of carbonyl (C=O) groups excluding carboxylic acids is 2. The van der Waals surface area contributed by atoms with Crippen molar-refractivity contribution in [3.63, 3.8) is 0 Å². The minimum Gasteiger partial charge on any atom is -0.359 e. The van der Waals surface area contributed by atoms with Crippen molar-refractivity contribution in [1.29, 1.82) is 0 Å². The number of nitrogens with zero attached hydrogens (tertiary/aromatic N) is 1. The number of nitrogens with one attached hydrogen (secondary N) is 3. The van der Waals surface area contributed by atoms with Crippen LogP contribution in [-0.2, 0) is 22.4 Å². The van der Waals surface area contributed by atoms with Crippen LogP contribution in [0.25, 0.3) is 0 Å². The van der Waals surface area contributed by atoms with Crippen molar-refractivity contribution in [2.45, 2.75) is 78.7 Å². The Morgan fingerprint density at radius 3 is 2.14 bits per heavy atom. The van der Waals surface area contributed by atoms with E-state index in [9.17, 15) is 18.4 Å². The zero-order valence-corrected chi connectivity index (χ0v) is 26.9. The molecule has 1 aliphatic carbocycles. The van der Waals surface area contributed by atoms with Gasteiger partial charge in [-0.05, 0) is 108 Å². The van der Waals surface area contributed by atoms with Crippen LogP contribution in [0.3, 0.4) is 0 Å². The van der Waals surface area contributed by atoms with Crippen molar-refractivity contribution in [2.24, 2.45) is 5.92 Å². The third-order valence-corrected chi connectivity index (χ3v) is 6.67. The number of hydrogen-bond donors (Lipinski definition) is 3. The topological polar surface area (TPSA) is 73.5 Å². The van der Waals surface area contributed by atoms with Crippen molar-refractivity contribution in [3.8, 4) is 0 Å². The summed E-state index contributed by atoms with van der Waals surface area (Å²) >= 11 is 0. The van der Waals surface area contributed by atoms with Gasteiger partial charge in [0.1, 0.15) is 17.9 Å². The minimum absolute atomic E-state index is 0.109. The summed E-state index contributed by atoms with van der Waals surface area (Å²) in [7, 11) is 3.94. The third kappa shape index (κ3) is 20.2. The molecule has 6 nitrogen and oxygen atoms in total. The van der Waals surface area contributed by atoms with E-state index < -0.39 is 0 Å². The van der Waals surface area contributed by atoms with Gasteiger partial charge in [0.2, 0.25) is 6.41 Å². The summed E-state index contributed by atoms with van der Waals surface area (Å²) in [5.41, 5.74) is 2.98. The van der Waals surface area contributed by atoms with E-state index in [1.165, 1.54) is 37.5 Å². The number of carbonyl (C=O) groups is 2. The van der Waals surface area contributed by atoms with Crippen LogP contribution >= 0.6 is 0 Å². The van der Waals surface area contributed by atoms with Crippen LogP contribution in [0.4, 0.5) is 8.78 Å². The first-order chi connectivity index (χ1) is 20.3. The Morgan fingerprint density at radius 1 is 0.976 bits per heavy atom. The van der Waals surface area contributed by atoms with Gasteiger partial charge in [-0.3, -0.25) is 9.69 Å². The van der Waals surface area contributed by atoms with Crippen LogP contribution in [0.15, 0.2) is 42.5 Å². The summed E-state index contributed by atoms with van der Waals surface area (Å²) in [4.78, 5) is 22.5. The summed E-state index contributed by atoms with van der Waals surface area (Å²) < 4.78 is 25.6. The molecule has 8 heteroatoms. The molecule has 3 rings (SSSR count). The van der Waals surface area contributed by atoms with E-state index in [0.717, 1.165) is 74.2 Å². The smallest absolute Gasteiger partial charge is 0.207 e. The average molecular weight is 591 g/mol. The van der Waals surface area contributed by atoms with Crippen LogP contribution in [0.1, 0.15) is 69.6 Å². The monoisotopic (exact) mass is 590 g/mol. The molecule has 2 aromatic carbocycles. The quantitative estimate of drug-likeness (QED) is 0.173. The van der Waals surface area contributed by atoms with Gasteiger partial charge in [0.25, 0.3) is 0 Å². The van der Waals surface area contributed by atoms with E-state index in [0.29, 0.717) is 25.5 Å². The summed E-state index contributed by atoms with van der Waals surface area (Å²) in [6.07, 6.45) is 8.95. The van der Waals surface area contributed by atoms with E-state index in [1.54, 1.807) is 18.2 Å². The van der Waals surface area contributed by atoms with E-state index in [4.69, 9.17) is 0 Å². The van der Waals surface area contributed by atoms with Gasteiger partial charge in [-0.1, -0.05) is 57.0 Å². The Morgan fingerprint density at radius 2 is 1.64 bits per heavy atom. The largest absolute Gasteiger partial charge is 0.359 e. The second-order valence-electron chi connectivity index (χ2n) is 10.6. The molecule has 0 heterocycles. The highest BCUT2D eigenvalue weighted by Crippen LogP contribution is 2.32. The maximum atomic E-state index is 13.5. The molecule has 0 spiro atoms. The van der Waals surface area contributed by atoms with Gasteiger partial charge in [0, 0.05) is 19.1 Å². The van der Waals surface area contributed by atoms with E-state index in [-0.39, 0.29) is 11.6 Å².